The Balaban J connectivity index is 0.000000461. The lowest BCUT2D eigenvalue weighted by atomic mass is 10.2. The van der Waals surface area contributed by atoms with Crippen LogP contribution in [-0.2, 0) is 6.42 Å². The molecule has 0 saturated carbocycles. The Labute approximate surface area is 71.8 Å². The van der Waals surface area contributed by atoms with Crippen molar-refractivity contribution in [3.05, 3.63) is 35.9 Å². The van der Waals surface area contributed by atoms with Crippen LogP contribution in [-0.4, -0.2) is 11.2 Å². The Morgan fingerprint density at radius 1 is 1.18 bits per heavy atom. The highest BCUT2D eigenvalue weighted by Gasteiger charge is 1.84. The van der Waals surface area contributed by atoms with Crippen molar-refractivity contribution in [3.63, 3.8) is 0 Å². The zero-order valence-corrected chi connectivity index (χ0v) is 6.96. The van der Waals surface area contributed by atoms with Crippen LogP contribution in [0.25, 0.3) is 0 Å². The molecule has 3 heteroatoms. The summed E-state index contributed by atoms with van der Waals surface area (Å²) in [7, 11) is 0. The van der Waals surface area contributed by atoms with Crippen LogP contribution in [0.3, 0.4) is 0 Å². The zero-order chi connectivity index (χ0) is 8.53. The summed E-state index contributed by atoms with van der Waals surface area (Å²) in [4.78, 5) is 0. The minimum absolute atomic E-state index is 0.740. The molecule has 0 heterocycles. The van der Waals surface area contributed by atoms with Gasteiger partial charge in [0.2, 0.25) is 0 Å². The summed E-state index contributed by atoms with van der Waals surface area (Å²) < 4.78 is 6.47. The zero-order valence-electron chi connectivity index (χ0n) is 6.20. The van der Waals surface area contributed by atoms with Crippen LogP contribution in [0.15, 0.2) is 30.3 Å². The molecule has 11 heavy (non-hydrogen) atoms. The third-order valence-electron chi connectivity index (χ3n) is 1.28. The summed E-state index contributed by atoms with van der Waals surface area (Å²) in [5.74, 6) is 0. The average molecular weight is 174 g/mol. The molecule has 1 aromatic carbocycles. The van der Waals surface area contributed by atoms with Crippen molar-refractivity contribution in [1.82, 2.24) is 0 Å². The molecule has 1 aromatic rings. The second-order valence-corrected chi connectivity index (χ2v) is 2.02. The molecule has 0 saturated heterocycles. The van der Waals surface area contributed by atoms with Gasteiger partial charge in [-0.15, -0.1) is 0 Å². The fourth-order valence-electron chi connectivity index (χ4n) is 0.811. The lowest BCUT2D eigenvalue weighted by Gasteiger charge is -1.93. The number of rotatable bonds is 2. The van der Waals surface area contributed by atoms with E-state index >= 15 is 0 Å². The molecule has 0 aliphatic heterocycles. The third-order valence-corrected chi connectivity index (χ3v) is 1.28. The Hall–Kier alpha value is -0.570. The minimum atomic E-state index is 0.740. The number of nitrogens with two attached hydrogens (primary N) is 1. The minimum Gasteiger partial charge on any atom is -0.330 e. The molecule has 3 N–H and O–H groups in total. The summed E-state index contributed by atoms with van der Waals surface area (Å²) in [6.07, 6.45) is 0.987. The van der Waals surface area contributed by atoms with E-state index in [-0.39, 0.29) is 0 Å². The van der Waals surface area contributed by atoms with Crippen molar-refractivity contribution in [1.29, 1.82) is 0 Å². The van der Waals surface area contributed by atoms with Crippen LogP contribution in [0.2, 0.25) is 0 Å². The summed E-state index contributed by atoms with van der Waals surface area (Å²) in [5, 5.41) is 0. The highest BCUT2D eigenvalue weighted by molar-refractivity contribution is 6.04. The smallest absolute Gasteiger partial charge is 0.0579 e. The fourth-order valence-corrected chi connectivity index (χ4v) is 0.811. The van der Waals surface area contributed by atoms with Gasteiger partial charge in [-0.25, -0.2) is 0 Å². The summed E-state index contributed by atoms with van der Waals surface area (Å²) in [6, 6.07) is 10.3. The molecule has 2 nitrogen and oxygen atoms in total. The Morgan fingerprint density at radius 2 is 1.73 bits per heavy atom. The maximum absolute atomic E-state index is 6.47. The van der Waals surface area contributed by atoms with Gasteiger partial charge in [0, 0.05) is 0 Å². The van der Waals surface area contributed by atoms with Crippen molar-refractivity contribution >= 4 is 11.9 Å². The molecule has 0 bridgehead atoms. The highest BCUT2D eigenvalue weighted by Crippen LogP contribution is 1.96. The molecule has 0 aliphatic rings. The van der Waals surface area contributed by atoms with Crippen LogP contribution >= 0.6 is 11.9 Å². The number of hydrogen-bond donors (Lipinski definition) is 2. The first-order chi connectivity index (χ1) is 5.43. The highest BCUT2D eigenvalue weighted by atomic mass is 35.5. The van der Waals surface area contributed by atoms with Gasteiger partial charge in [0.05, 0.1) is 11.9 Å². The van der Waals surface area contributed by atoms with Gasteiger partial charge in [-0.2, -0.15) is 0 Å². The van der Waals surface area contributed by atoms with Crippen LogP contribution in [0.1, 0.15) is 5.56 Å². The van der Waals surface area contributed by atoms with E-state index in [0.29, 0.717) is 0 Å². The summed E-state index contributed by atoms with van der Waals surface area (Å²) in [5.41, 5.74) is 6.68. The molecular weight excluding hydrogens is 162 g/mol. The first-order valence-electron chi connectivity index (χ1n) is 3.34. The SMILES string of the molecule is NCCc1ccccc1.OCl. The largest absolute Gasteiger partial charge is 0.330 e. The Bertz CT molecular complexity index is 167. The molecule has 62 valence electrons. The lowest BCUT2D eigenvalue weighted by Crippen LogP contribution is -2.01. The first-order valence-corrected chi connectivity index (χ1v) is 3.68. The van der Waals surface area contributed by atoms with Gasteiger partial charge in [-0.3, -0.25) is 4.66 Å². The Morgan fingerprint density at radius 3 is 2.18 bits per heavy atom. The van der Waals surface area contributed by atoms with Crippen LogP contribution in [0, 0.1) is 0 Å². The molecule has 0 aliphatic carbocycles. The van der Waals surface area contributed by atoms with E-state index in [1.165, 1.54) is 5.56 Å². The van der Waals surface area contributed by atoms with E-state index in [4.69, 9.17) is 10.4 Å². The van der Waals surface area contributed by atoms with Gasteiger partial charge >= 0.3 is 0 Å². The molecule has 1 rings (SSSR count). The van der Waals surface area contributed by atoms with Gasteiger partial charge in [0.25, 0.3) is 0 Å². The predicted octanol–water partition coefficient (Wildman–Crippen LogP) is 1.32. The lowest BCUT2D eigenvalue weighted by molar-refractivity contribution is 0.632. The van der Waals surface area contributed by atoms with Gasteiger partial charge < -0.3 is 5.73 Å². The third kappa shape index (κ3) is 4.79. The number of benzene rings is 1. The monoisotopic (exact) mass is 173 g/mol. The van der Waals surface area contributed by atoms with E-state index in [1.54, 1.807) is 0 Å². The number of hydrogen-bond acceptors (Lipinski definition) is 2. The van der Waals surface area contributed by atoms with Crippen molar-refractivity contribution in [2.75, 3.05) is 6.54 Å². The van der Waals surface area contributed by atoms with Crippen LogP contribution in [0.5, 0.6) is 0 Å². The first kappa shape index (κ1) is 10.4. The van der Waals surface area contributed by atoms with Gasteiger partial charge in [0.1, 0.15) is 0 Å². The van der Waals surface area contributed by atoms with Crippen molar-refractivity contribution in [3.8, 4) is 0 Å². The predicted molar refractivity (Wildman–Crippen MR) is 47.3 cm³/mol. The van der Waals surface area contributed by atoms with Crippen molar-refractivity contribution in [2.45, 2.75) is 6.42 Å². The molecule has 0 fully saturated rings. The van der Waals surface area contributed by atoms with Crippen LogP contribution < -0.4 is 5.73 Å². The quantitative estimate of drug-likeness (QED) is 0.709. The standard InChI is InChI=1S/C8H11N.ClHO/c9-7-6-8-4-2-1-3-5-8;1-2/h1-5H,6-7,9H2;2H. The molecule has 0 spiro atoms. The average Bonchev–Trinajstić information content (AvgIpc) is 2.11. The van der Waals surface area contributed by atoms with E-state index in [1.807, 2.05) is 18.2 Å². The van der Waals surface area contributed by atoms with Gasteiger partial charge in [0.15, 0.2) is 0 Å². The normalized spacial score (nSPS) is 8.27. The molecule has 0 amide bonds. The summed E-state index contributed by atoms with van der Waals surface area (Å²) in [6.45, 7) is 0.740. The maximum atomic E-state index is 6.47. The molecule has 0 unspecified atom stereocenters. The van der Waals surface area contributed by atoms with Crippen molar-refractivity contribution in [2.24, 2.45) is 5.73 Å². The second kappa shape index (κ2) is 7.54. The number of halogens is 1. The fraction of sp³-hybridized carbons (Fsp3) is 0.250. The molecular formula is C8H12ClNO. The van der Waals surface area contributed by atoms with Gasteiger partial charge in [-0.1, -0.05) is 30.3 Å². The van der Waals surface area contributed by atoms with Gasteiger partial charge in [-0.05, 0) is 18.5 Å². The Kier molecular flexibility index (Phi) is 7.15. The topological polar surface area (TPSA) is 46.2 Å². The maximum Gasteiger partial charge on any atom is 0.0579 e. The van der Waals surface area contributed by atoms with E-state index in [2.05, 4.69) is 24.0 Å². The summed E-state index contributed by atoms with van der Waals surface area (Å²) >= 11 is 3.64. The second-order valence-electron chi connectivity index (χ2n) is 2.02. The molecule has 0 atom stereocenters. The molecule has 0 radical (unpaired) electrons. The van der Waals surface area contributed by atoms with Crippen molar-refractivity contribution < 1.29 is 4.66 Å². The van der Waals surface area contributed by atoms with E-state index < -0.39 is 0 Å². The van der Waals surface area contributed by atoms with Crippen LogP contribution in [0.4, 0.5) is 0 Å². The molecule has 0 aromatic heterocycles. The van der Waals surface area contributed by atoms with E-state index in [9.17, 15) is 0 Å². The van der Waals surface area contributed by atoms with E-state index in [0.717, 1.165) is 13.0 Å².